The molecule has 0 amide bonds. The molecule has 17 heavy (non-hydrogen) atoms. The van der Waals surface area contributed by atoms with Gasteiger partial charge < -0.3 is 10.6 Å². The number of hydrogen-bond acceptors (Lipinski definition) is 3. The summed E-state index contributed by atoms with van der Waals surface area (Å²) in [5.41, 5.74) is 8.32. The molecule has 2 rings (SSSR count). The molecule has 0 aliphatic rings. The first-order valence-electron chi connectivity index (χ1n) is 5.19. The van der Waals surface area contributed by atoms with Gasteiger partial charge in [0, 0.05) is 31.7 Å². The molecule has 0 aliphatic heterocycles. The lowest BCUT2D eigenvalue weighted by atomic mass is 10.1. The SMILES string of the molecule is CN(C)c1cc(CN)nc2cc(Cl)c(Cl)cc12. The van der Waals surface area contributed by atoms with Gasteiger partial charge in [-0.05, 0) is 18.2 Å². The number of halogens is 2. The van der Waals surface area contributed by atoms with Gasteiger partial charge in [-0.15, -0.1) is 0 Å². The largest absolute Gasteiger partial charge is 0.377 e. The molecule has 0 radical (unpaired) electrons. The lowest BCUT2D eigenvalue weighted by molar-refractivity contribution is 0.999. The number of anilines is 1. The normalized spacial score (nSPS) is 10.9. The van der Waals surface area contributed by atoms with E-state index in [-0.39, 0.29) is 0 Å². The van der Waals surface area contributed by atoms with E-state index in [1.807, 2.05) is 31.1 Å². The van der Waals surface area contributed by atoms with Crippen LogP contribution in [0.3, 0.4) is 0 Å². The van der Waals surface area contributed by atoms with Gasteiger partial charge in [0.15, 0.2) is 0 Å². The van der Waals surface area contributed by atoms with Crippen molar-refractivity contribution in [2.75, 3.05) is 19.0 Å². The highest BCUT2D eigenvalue weighted by atomic mass is 35.5. The fourth-order valence-electron chi connectivity index (χ4n) is 1.73. The molecule has 0 bridgehead atoms. The van der Waals surface area contributed by atoms with Gasteiger partial charge in [0.25, 0.3) is 0 Å². The lowest BCUT2D eigenvalue weighted by Crippen LogP contribution is -2.11. The zero-order valence-corrected chi connectivity index (χ0v) is 11.2. The van der Waals surface area contributed by atoms with Crippen LogP contribution in [0.5, 0.6) is 0 Å². The Bertz CT molecular complexity index is 567. The summed E-state index contributed by atoms with van der Waals surface area (Å²) in [5.74, 6) is 0. The van der Waals surface area contributed by atoms with Gasteiger partial charge in [0.1, 0.15) is 0 Å². The third kappa shape index (κ3) is 2.32. The maximum absolute atomic E-state index is 6.04. The van der Waals surface area contributed by atoms with E-state index in [2.05, 4.69) is 4.98 Å². The van der Waals surface area contributed by atoms with E-state index in [9.17, 15) is 0 Å². The van der Waals surface area contributed by atoms with Crippen molar-refractivity contribution in [3.05, 3.63) is 33.9 Å². The maximum atomic E-state index is 6.04. The van der Waals surface area contributed by atoms with E-state index in [0.29, 0.717) is 16.6 Å². The zero-order chi connectivity index (χ0) is 12.6. The minimum atomic E-state index is 0.400. The average Bonchev–Trinajstić information content (AvgIpc) is 2.29. The number of rotatable bonds is 2. The van der Waals surface area contributed by atoms with Crippen molar-refractivity contribution < 1.29 is 0 Å². The van der Waals surface area contributed by atoms with Gasteiger partial charge in [-0.2, -0.15) is 0 Å². The first-order valence-corrected chi connectivity index (χ1v) is 5.94. The van der Waals surface area contributed by atoms with E-state index in [1.54, 1.807) is 6.07 Å². The summed E-state index contributed by atoms with van der Waals surface area (Å²) in [4.78, 5) is 6.45. The monoisotopic (exact) mass is 269 g/mol. The van der Waals surface area contributed by atoms with E-state index in [4.69, 9.17) is 28.9 Å². The first kappa shape index (κ1) is 12.4. The summed E-state index contributed by atoms with van der Waals surface area (Å²) >= 11 is 12.0. The average molecular weight is 270 g/mol. The highest BCUT2D eigenvalue weighted by Gasteiger charge is 2.09. The van der Waals surface area contributed by atoms with Crippen LogP contribution in [0.15, 0.2) is 18.2 Å². The number of benzene rings is 1. The number of hydrogen-bond donors (Lipinski definition) is 1. The molecule has 1 aromatic heterocycles. The smallest absolute Gasteiger partial charge is 0.0742 e. The molecule has 90 valence electrons. The molecular weight excluding hydrogens is 257 g/mol. The predicted octanol–water partition coefficient (Wildman–Crippen LogP) is 3.07. The molecule has 0 atom stereocenters. The summed E-state index contributed by atoms with van der Waals surface area (Å²) in [6.45, 7) is 0.400. The third-order valence-corrected chi connectivity index (χ3v) is 3.30. The van der Waals surface area contributed by atoms with Crippen molar-refractivity contribution in [2.45, 2.75) is 6.54 Å². The highest BCUT2D eigenvalue weighted by Crippen LogP contribution is 2.32. The molecule has 2 N–H and O–H groups in total. The minimum absolute atomic E-state index is 0.400. The Morgan fingerprint density at radius 1 is 1.18 bits per heavy atom. The van der Waals surface area contributed by atoms with Crippen LogP contribution in [0.2, 0.25) is 10.0 Å². The van der Waals surface area contributed by atoms with Crippen molar-refractivity contribution in [1.29, 1.82) is 0 Å². The third-order valence-electron chi connectivity index (χ3n) is 2.57. The van der Waals surface area contributed by atoms with Gasteiger partial charge in [-0.1, -0.05) is 23.2 Å². The Morgan fingerprint density at radius 3 is 2.41 bits per heavy atom. The van der Waals surface area contributed by atoms with Gasteiger partial charge >= 0.3 is 0 Å². The first-order chi connectivity index (χ1) is 8.02. The number of nitrogens with two attached hydrogens (primary N) is 1. The van der Waals surface area contributed by atoms with Gasteiger partial charge in [0.2, 0.25) is 0 Å². The van der Waals surface area contributed by atoms with Crippen LogP contribution in [-0.4, -0.2) is 19.1 Å². The predicted molar refractivity (Wildman–Crippen MR) is 74.0 cm³/mol. The quantitative estimate of drug-likeness (QED) is 0.911. The van der Waals surface area contributed by atoms with Crippen molar-refractivity contribution >= 4 is 39.8 Å². The molecular formula is C12H13Cl2N3. The number of aromatic nitrogens is 1. The molecule has 5 heteroatoms. The Labute approximate surface area is 110 Å². The second-order valence-electron chi connectivity index (χ2n) is 4.01. The van der Waals surface area contributed by atoms with E-state index >= 15 is 0 Å². The molecule has 1 heterocycles. The molecule has 0 aliphatic carbocycles. The van der Waals surface area contributed by atoms with Crippen LogP contribution in [0, 0.1) is 0 Å². The van der Waals surface area contributed by atoms with Crippen molar-refractivity contribution in [2.24, 2.45) is 5.73 Å². The second-order valence-corrected chi connectivity index (χ2v) is 4.83. The summed E-state index contributed by atoms with van der Waals surface area (Å²) in [5, 5.41) is 2.01. The summed E-state index contributed by atoms with van der Waals surface area (Å²) < 4.78 is 0. The molecule has 0 unspecified atom stereocenters. The fourth-order valence-corrected chi connectivity index (χ4v) is 2.05. The van der Waals surface area contributed by atoms with Crippen molar-refractivity contribution in [1.82, 2.24) is 4.98 Å². The van der Waals surface area contributed by atoms with Crippen LogP contribution in [-0.2, 0) is 6.54 Å². The summed E-state index contributed by atoms with van der Waals surface area (Å²) in [6.07, 6.45) is 0. The Kier molecular flexibility index (Phi) is 3.43. The number of nitrogens with zero attached hydrogens (tertiary/aromatic N) is 2. The van der Waals surface area contributed by atoms with E-state index < -0.39 is 0 Å². The number of fused-ring (bicyclic) bond motifs is 1. The summed E-state index contributed by atoms with van der Waals surface area (Å²) in [7, 11) is 3.94. The summed E-state index contributed by atoms with van der Waals surface area (Å²) in [6, 6.07) is 5.57. The van der Waals surface area contributed by atoms with Crippen LogP contribution in [0.1, 0.15) is 5.69 Å². The fraction of sp³-hybridized carbons (Fsp3) is 0.250. The molecule has 0 saturated carbocycles. The van der Waals surface area contributed by atoms with Crippen molar-refractivity contribution in [3.8, 4) is 0 Å². The second kappa shape index (κ2) is 4.69. The van der Waals surface area contributed by atoms with Gasteiger partial charge in [0.05, 0.1) is 21.3 Å². The Balaban J connectivity index is 2.81. The molecule has 2 aromatic rings. The molecule has 1 aromatic carbocycles. The van der Waals surface area contributed by atoms with Crippen LogP contribution >= 0.6 is 23.2 Å². The maximum Gasteiger partial charge on any atom is 0.0742 e. The van der Waals surface area contributed by atoms with Gasteiger partial charge in [-0.25, -0.2) is 0 Å². The van der Waals surface area contributed by atoms with Crippen LogP contribution < -0.4 is 10.6 Å². The minimum Gasteiger partial charge on any atom is -0.377 e. The van der Waals surface area contributed by atoms with Crippen LogP contribution in [0.4, 0.5) is 5.69 Å². The number of pyridine rings is 1. The van der Waals surface area contributed by atoms with E-state index in [1.165, 1.54) is 0 Å². The van der Waals surface area contributed by atoms with Crippen molar-refractivity contribution in [3.63, 3.8) is 0 Å². The van der Waals surface area contributed by atoms with Gasteiger partial charge in [-0.3, -0.25) is 4.98 Å². The standard InChI is InChI=1S/C12H13Cl2N3/c1-17(2)12-3-7(6-15)16-11-5-10(14)9(13)4-8(11)12/h3-5H,6,15H2,1-2H3. The Hall–Kier alpha value is -1.03. The Morgan fingerprint density at radius 2 is 1.82 bits per heavy atom. The molecule has 0 spiro atoms. The van der Waals surface area contributed by atoms with E-state index in [0.717, 1.165) is 22.3 Å². The molecule has 0 saturated heterocycles. The topological polar surface area (TPSA) is 42.1 Å². The van der Waals surface area contributed by atoms with Crippen LogP contribution in [0.25, 0.3) is 10.9 Å². The lowest BCUT2D eigenvalue weighted by Gasteiger charge is -2.17. The molecule has 3 nitrogen and oxygen atoms in total. The molecule has 0 fully saturated rings. The zero-order valence-electron chi connectivity index (χ0n) is 9.67. The highest BCUT2D eigenvalue weighted by molar-refractivity contribution is 6.42.